The first-order valence-corrected chi connectivity index (χ1v) is 9.04. The number of carbonyl (C=O) groups is 1. The zero-order valence-electron chi connectivity index (χ0n) is 15.1. The summed E-state index contributed by atoms with van der Waals surface area (Å²) >= 11 is 0. The van der Waals surface area contributed by atoms with Gasteiger partial charge < -0.3 is 9.47 Å². The molecule has 4 rings (SSSR count). The van der Waals surface area contributed by atoms with Gasteiger partial charge in [-0.1, -0.05) is 24.3 Å². The zero-order chi connectivity index (χ0) is 17.2. The minimum absolute atomic E-state index is 0.154. The second kappa shape index (κ2) is 6.72. The van der Waals surface area contributed by atoms with Gasteiger partial charge in [-0.3, -0.25) is 0 Å². The average molecular weight is 328 g/mol. The molecule has 1 aromatic carbocycles. The van der Waals surface area contributed by atoms with E-state index < -0.39 is 0 Å². The Hall–Kier alpha value is -1.61. The summed E-state index contributed by atoms with van der Waals surface area (Å²) in [5.41, 5.74) is 3.62. The number of ether oxygens (including phenoxy) is 2. The first-order valence-electron chi connectivity index (χ1n) is 9.04. The van der Waals surface area contributed by atoms with E-state index in [-0.39, 0.29) is 11.6 Å². The van der Waals surface area contributed by atoms with Crippen LogP contribution in [0.1, 0.15) is 63.5 Å². The lowest BCUT2D eigenvalue weighted by Gasteiger charge is -2.53. The number of carbonyl (C=O) groups excluding carboxylic acids is 1. The fourth-order valence-electron chi connectivity index (χ4n) is 4.38. The fourth-order valence-corrected chi connectivity index (χ4v) is 4.38. The Labute approximate surface area is 145 Å². The molecular weight excluding hydrogens is 300 g/mol. The molecule has 0 unspecified atom stereocenters. The van der Waals surface area contributed by atoms with Crippen LogP contribution in [0.5, 0.6) is 0 Å². The molecule has 24 heavy (non-hydrogen) atoms. The van der Waals surface area contributed by atoms with Crippen LogP contribution in [0.2, 0.25) is 0 Å². The Morgan fingerprint density at radius 2 is 1.67 bits per heavy atom. The molecule has 2 bridgehead atoms. The van der Waals surface area contributed by atoms with Crippen molar-refractivity contribution in [3.63, 3.8) is 0 Å². The molecular formula is C21H28O3. The Morgan fingerprint density at radius 3 is 2.17 bits per heavy atom. The third-order valence-corrected chi connectivity index (χ3v) is 6.11. The lowest BCUT2D eigenvalue weighted by Crippen LogP contribution is -2.49. The highest BCUT2D eigenvalue weighted by Gasteiger charge is 2.49. The maximum atomic E-state index is 11.7. The summed E-state index contributed by atoms with van der Waals surface area (Å²) < 4.78 is 10.8. The van der Waals surface area contributed by atoms with Crippen LogP contribution in [0.4, 0.5) is 0 Å². The molecule has 0 amide bonds. The summed E-state index contributed by atoms with van der Waals surface area (Å²) in [4.78, 5) is 11.7. The van der Waals surface area contributed by atoms with Crippen LogP contribution in [0.25, 0.3) is 6.08 Å². The molecule has 0 radical (unpaired) electrons. The van der Waals surface area contributed by atoms with Crippen molar-refractivity contribution in [3.05, 3.63) is 41.0 Å². The highest BCUT2D eigenvalue weighted by Crippen LogP contribution is 2.54. The van der Waals surface area contributed by atoms with Gasteiger partial charge in [-0.2, -0.15) is 0 Å². The van der Waals surface area contributed by atoms with E-state index in [1.54, 1.807) is 6.92 Å². The van der Waals surface area contributed by atoms with Crippen molar-refractivity contribution < 1.29 is 14.3 Å². The molecule has 130 valence electrons. The number of hydrogen-bond acceptors (Lipinski definition) is 3. The van der Waals surface area contributed by atoms with Crippen molar-refractivity contribution >= 4 is 12.0 Å². The van der Waals surface area contributed by atoms with Gasteiger partial charge >= 0.3 is 5.97 Å². The van der Waals surface area contributed by atoms with Crippen LogP contribution in [0, 0.1) is 0 Å². The third-order valence-electron chi connectivity index (χ3n) is 6.11. The second-order valence-corrected chi connectivity index (χ2v) is 7.34. The van der Waals surface area contributed by atoms with Gasteiger partial charge in [-0.05, 0) is 75.0 Å². The summed E-state index contributed by atoms with van der Waals surface area (Å²) in [7, 11) is 1.87. The van der Waals surface area contributed by atoms with Crippen LogP contribution in [0.3, 0.4) is 0 Å². The molecule has 0 aliphatic heterocycles. The predicted molar refractivity (Wildman–Crippen MR) is 95.8 cm³/mol. The molecule has 3 nitrogen and oxygen atoms in total. The van der Waals surface area contributed by atoms with Crippen LogP contribution in [-0.2, 0) is 19.7 Å². The molecule has 3 saturated carbocycles. The van der Waals surface area contributed by atoms with Gasteiger partial charge in [0.1, 0.15) is 0 Å². The van der Waals surface area contributed by atoms with Gasteiger partial charge in [0.2, 0.25) is 0 Å². The van der Waals surface area contributed by atoms with Gasteiger partial charge in [-0.25, -0.2) is 4.79 Å². The van der Waals surface area contributed by atoms with Gasteiger partial charge in [0.15, 0.2) is 0 Å². The molecule has 3 aliphatic carbocycles. The van der Waals surface area contributed by atoms with Crippen LogP contribution in [0.15, 0.2) is 29.8 Å². The van der Waals surface area contributed by atoms with Crippen molar-refractivity contribution in [2.24, 2.45) is 0 Å². The van der Waals surface area contributed by atoms with Crippen LogP contribution < -0.4 is 0 Å². The topological polar surface area (TPSA) is 35.5 Å². The predicted octanol–water partition coefficient (Wildman–Crippen LogP) is 4.64. The lowest BCUT2D eigenvalue weighted by atomic mass is 9.56. The number of methoxy groups -OCH3 is 1. The molecule has 0 aromatic heterocycles. The quantitative estimate of drug-likeness (QED) is 0.583. The van der Waals surface area contributed by atoms with Crippen molar-refractivity contribution in [2.45, 2.75) is 63.4 Å². The summed E-state index contributed by atoms with van der Waals surface area (Å²) in [5, 5.41) is 0. The van der Waals surface area contributed by atoms with Crippen molar-refractivity contribution in [2.75, 3.05) is 13.7 Å². The molecule has 3 aliphatic rings. The van der Waals surface area contributed by atoms with Gasteiger partial charge in [0.05, 0.1) is 12.2 Å². The normalized spacial score (nSPS) is 29.5. The minimum atomic E-state index is -0.240. The molecule has 0 spiro atoms. The summed E-state index contributed by atoms with van der Waals surface area (Å²) in [6.45, 7) is 4.04. The van der Waals surface area contributed by atoms with E-state index in [1.165, 1.54) is 44.1 Å². The zero-order valence-corrected chi connectivity index (χ0v) is 15.1. The number of rotatable bonds is 5. The maximum absolute atomic E-state index is 11.7. The summed E-state index contributed by atoms with van der Waals surface area (Å²) in [6.07, 6.45) is 9.08. The van der Waals surface area contributed by atoms with E-state index in [2.05, 4.69) is 24.3 Å². The minimum Gasteiger partial charge on any atom is -0.463 e. The van der Waals surface area contributed by atoms with E-state index in [9.17, 15) is 4.79 Å². The van der Waals surface area contributed by atoms with Crippen molar-refractivity contribution in [1.29, 1.82) is 0 Å². The van der Waals surface area contributed by atoms with E-state index in [0.717, 1.165) is 5.56 Å². The van der Waals surface area contributed by atoms with E-state index in [4.69, 9.17) is 9.47 Å². The fraction of sp³-hybridized carbons (Fsp3) is 0.571. The van der Waals surface area contributed by atoms with Gasteiger partial charge in [0.25, 0.3) is 0 Å². The highest BCUT2D eigenvalue weighted by molar-refractivity contribution is 5.92. The Morgan fingerprint density at radius 1 is 1.08 bits per heavy atom. The average Bonchev–Trinajstić information content (AvgIpc) is 2.64. The Kier molecular flexibility index (Phi) is 4.82. The molecule has 0 saturated heterocycles. The van der Waals surface area contributed by atoms with Crippen LogP contribution in [-0.4, -0.2) is 25.3 Å². The first kappa shape index (κ1) is 17.2. The molecule has 1 aromatic rings. The first-order chi connectivity index (χ1) is 11.5. The standard InChI is InChI=1S/C21H28O3/c1-4-24-19(22)16(2)15-17-5-7-18(8-6-17)20-9-12-21(23-3,13-10-20)14-11-20/h5-8,15H,4,9-14H2,1-3H3/b16-15+. The Balaban J connectivity index is 1.74. The summed E-state index contributed by atoms with van der Waals surface area (Å²) in [5.74, 6) is -0.240. The number of esters is 1. The number of fused-ring (bicyclic) bond motifs is 3. The second-order valence-electron chi connectivity index (χ2n) is 7.34. The monoisotopic (exact) mass is 328 g/mol. The van der Waals surface area contributed by atoms with Crippen molar-refractivity contribution in [1.82, 2.24) is 0 Å². The smallest absolute Gasteiger partial charge is 0.333 e. The van der Waals surface area contributed by atoms with Crippen molar-refractivity contribution in [3.8, 4) is 0 Å². The SMILES string of the molecule is CCOC(=O)/C(C)=C/c1ccc(C23CCC(OC)(CC2)CC3)cc1. The highest BCUT2D eigenvalue weighted by atomic mass is 16.5. The van der Waals surface area contributed by atoms with E-state index in [0.29, 0.717) is 17.6 Å². The van der Waals surface area contributed by atoms with Crippen LogP contribution >= 0.6 is 0 Å². The van der Waals surface area contributed by atoms with Gasteiger partial charge in [-0.15, -0.1) is 0 Å². The third kappa shape index (κ3) is 3.14. The molecule has 0 atom stereocenters. The summed E-state index contributed by atoms with van der Waals surface area (Å²) in [6, 6.07) is 8.74. The van der Waals surface area contributed by atoms with Gasteiger partial charge in [0, 0.05) is 12.7 Å². The maximum Gasteiger partial charge on any atom is 0.333 e. The molecule has 0 N–H and O–H groups in total. The molecule has 0 heterocycles. The molecule has 3 heteroatoms. The van der Waals surface area contributed by atoms with E-state index in [1.807, 2.05) is 20.1 Å². The molecule has 3 fully saturated rings. The number of hydrogen-bond donors (Lipinski definition) is 0. The largest absolute Gasteiger partial charge is 0.463 e. The van der Waals surface area contributed by atoms with E-state index >= 15 is 0 Å². The number of benzene rings is 1. The lowest BCUT2D eigenvalue weighted by molar-refractivity contribution is -0.138. The Bertz CT molecular complexity index is 602.